The molecule has 0 unspecified atom stereocenters. The second-order valence-electron chi connectivity index (χ2n) is 5.22. The lowest BCUT2D eigenvalue weighted by Gasteiger charge is -2.38. The topological polar surface area (TPSA) is 95.9 Å². The van der Waals surface area contributed by atoms with E-state index in [2.05, 4.69) is 5.32 Å². The summed E-state index contributed by atoms with van der Waals surface area (Å²) in [5.41, 5.74) is 0.0617. The number of carboxylic acid groups (broad SMARTS) is 1. The molecule has 1 aromatic carbocycles. The summed E-state index contributed by atoms with van der Waals surface area (Å²) in [5.74, 6) is -1.51. The van der Waals surface area contributed by atoms with Crippen LogP contribution >= 0.6 is 12.4 Å². The maximum absolute atomic E-state index is 11.3. The van der Waals surface area contributed by atoms with Crippen molar-refractivity contribution in [3.8, 4) is 5.75 Å². The van der Waals surface area contributed by atoms with E-state index in [4.69, 9.17) is 9.84 Å². The number of aromatic hydroxyl groups is 1. The van der Waals surface area contributed by atoms with Crippen molar-refractivity contribution < 1.29 is 24.5 Å². The van der Waals surface area contributed by atoms with Gasteiger partial charge in [-0.15, -0.1) is 12.4 Å². The normalized spacial score (nSPS) is 20.3. The van der Waals surface area contributed by atoms with Crippen LogP contribution in [0.1, 0.15) is 35.8 Å². The maximum Gasteiger partial charge on any atom is 0.407 e. The van der Waals surface area contributed by atoms with Gasteiger partial charge in [-0.1, -0.05) is 19.9 Å². The first-order valence-corrected chi connectivity index (χ1v) is 5.81. The Kier molecular flexibility index (Phi) is 4.50. The fraction of sp³-hybridized carbons (Fsp3) is 0.385. The minimum absolute atomic E-state index is 0. The van der Waals surface area contributed by atoms with Gasteiger partial charge in [-0.25, -0.2) is 9.59 Å². The van der Waals surface area contributed by atoms with Crippen molar-refractivity contribution in [2.45, 2.75) is 19.9 Å². The highest BCUT2D eigenvalue weighted by atomic mass is 35.5. The van der Waals surface area contributed by atoms with Crippen LogP contribution < -0.4 is 5.32 Å². The average Bonchev–Trinajstić information content (AvgIpc) is 2.33. The summed E-state index contributed by atoms with van der Waals surface area (Å²) in [5, 5.41) is 21.2. The molecule has 110 valence electrons. The molecular formula is C13H16ClNO5. The molecule has 0 aliphatic carbocycles. The molecule has 0 bridgehead atoms. The molecule has 1 aliphatic heterocycles. The Balaban J connectivity index is 0.00000200. The van der Waals surface area contributed by atoms with Gasteiger partial charge in [-0.2, -0.15) is 0 Å². The Morgan fingerprint density at radius 1 is 1.45 bits per heavy atom. The molecule has 1 amide bonds. The van der Waals surface area contributed by atoms with Crippen LogP contribution in [0.5, 0.6) is 5.75 Å². The predicted octanol–water partition coefficient (Wildman–Crippen LogP) is 2.32. The lowest BCUT2D eigenvalue weighted by atomic mass is 9.80. The zero-order valence-electron chi connectivity index (χ0n) is 11.0. The summed E-state index contributed by atoms with van der Waals surface area (Å²) in [6.45, 7) is 4.06. The molecule has 1 aliphatic rings. The molecule has 1 atom stereocenters. The molecule has 20 heavy (non-hydrogen) atoms. The lowest BCUT2D eigenvalue weighted by Crippen LogP contribution is -2.46. The number of rotatable bonds is 2. The smallest absolute Gasteiger partial charge is 0.407 e. The summed E-state index contributed by atoms with van der Waals surface area (Å²) in [7, 11) is 0. The van der Waals surface area contributed by atoms with Gasteiger partial charge in [-0.05, 0) is 17.7 Å². The molecular weight excluding hydrogens is 286 g/mol. The number of carbonyl (C=O) groups is 2. The highest BCUT2D eigenvalue weighted by Crippen LogP contribution is 2.37. The molecule has 1 saturated heterocycles. The lowest BCUT2D eigenvalue weighted by molar-refractivity contribution is 0.0387. The summed E-state index contributed by atoms with van der Waals surface area (Å²) in [6, 6.07) is 3.92. The SMILES string of the molecule is CC1(C)COC(=O)N[C@@H]1c1ccc(O)c(C(=O)O)c1.Cl. The molecule has 1 aromatic rings. The van der Waals surface area contributed by atoms with E-state index in [1.807, 2.05) is 13.8 Å². The standard InChI is InChI=1S/C13H15NO5.ClH/c1-13(2)6-19-12(18)14-10(13)7-3-4-9(15)8(5-7)11(16)17;/h3-5,10,15H,6H2,1-2H3,(H,14,18)(H,16,17);1H/t10-;/m1./s1. The monoisotopic (exact) mass is 301 g/mol. The average molecular weight is 302 g/mol. The number of carbonyl (C=O) groups excluding carboxylic acids is 1. The number of ether oxygens (including phenoxy) is 1. The molecule has 1 fully saturated rings. The molecule has 6 nitrogen and oxygen atoms in total. The van der Waals surface area contributed by atoms with Crippen molar-refractivity contribution >= 4 is 24.5 Å². The molecule has 7 heteroatoms. The van der Waals surface area contributed by atoms with Crippen molar-refractivity contribution in [1.29, 1.82) is 0 Å². The third kappa shape index (κ3) is 2.96. The Morgan fingerprint density at radius 2 is 2.10 bits per heavy atom. The Bertz CT molecular complexity index is 544. The zero-order valence-corrected chi connectivity index (χ0v) is 11.9. The number of amides is 1. The zero-order chi connectivity index (χ0) is 14.2. The second-order valence-corrected chi connectivity index (χ2v) is 5.22. The second kappa shape index (κ2) is 5.58. The van der Waals surface area contributed by atoms with Gasteiger partial charge in [0.05, 0.1) is 6.04 Å². The van der Waals surface area contributed by atoms with E-state index in [0.717, 1.165) is 0 Å². The van der Waals surface area contributed by atoms with Gasteiger partial charge in [0, 0.05) is 5.41 Å². The van der Waals surface area contributed by atoms with Crippen LogP contribution in [0.3, 0.4) is 0 Å². The van der Waals surface area contributed by atoms with E-state index in [9.17, 15) is 14.7 Å². The number of hydrogen-bond acceptors (Lipinski definition) is 4. The number of nitrogens with one attached hydrogen (secondary N) is 1. The first-order chi connectivity index (χ1) is 8.81. The Morgan fingerprint density at radius 3 is 2.70 bits per heavy atom. The number of benzene rings is 1. The van der Waals surface area contributed by atoms with Crippen molar-refractivity contribution in [2.24, 2.45) is 5.41 Å². The van der Waals surface area contributed by atoms with Gasteiger partial charge in [-0.3, -0.25) is 0 Å². The number of aromatic carboxylic acids is 1. The van der Waals surface area contributed by atoms with Crippen molar-refractivity contribution in [2.75, 3.05) is 6.61 Å². The van der Waals surface area contributed by atoms with Crippen molar-refractivity contribution in [3.05, 3.63) is 29.3 Å². The summed E-state index contributed by atoms with van der Waals surface area (Å²) < 4.78 is 4.93. The molecule has 1 heterocycles. The van der Waals surface area contributed by atoms with Crippen molar-refractivity contribution in [3.63, 3.8) is 0 Å². The van der Waals surface area contributed by atoms with E-state index in [0.29, 0.717) is 5.56 Å². The van der Waals surface area contributed by atoms with Gasteiger partial charge in [0.25, 0.3) is 0 Å². The van der Waals surface area contributed by atoms with Gasteiger partial charge in [0.2, 0.25) is 0 Å². The molecule has 2 rings (SSSR count). The van der Waals surface area contributed by atoms with Crippen molar-refractivity contribution in [1.82, 2.24) is 5.32 Å². The predicted molar refractivity (Wildman–Crippen MR) is 73.3 cm³/mol. The quantitative estimate of drug-likeness (QED) is 0.779. The fourth-order valence-corrected chi connectivity index (χ4v) is 2.13. The molecule has 0 spiro atoms. The van der Waals surface area contributed by atoms with E-state index in [1.54, 1.807) is 6.07 Å². The minimum Gasteiger partial charge on any atom is -0.507 e. The van der Waals surface area contributed by atoms with Crippen LogP contribution in [0.25, 0.3) is 0 Å². The van der Waals surface area contributed by atoms with Crippen LogP contribution in [0, 0.1) is 5.41 Å². The van der Waals surface area contributed by atoms with Crippen LogP contribution in [0.2, 0.25) is 0 Å². The molecule has 0 saturated carbocycles. The number of hydrogen-bond donors (Lipinski definition) is 3. The highest BCUT2D eigenvalue weighted by molar-refractivity contribution is 5.91. The van der Waals surface area contributed by atoms with Gasteiger partial charge in [0.1, 0.15) is 17.9 Å². The summed E-state index contributed by atoms with van der Waals surface area (Å²) >= 11 is 0. The van der Waals surface area contributed by atoms with Crippen LogP contribution in [-0.4, -0.2) is 28.9 Å². The van der Waals surface area contributed by atoms with E-state index in [-0.39, 0.29) is 41.8 Å². The number of halogens is 1. The number of carboxylic acids is 1. The first kappa shape index (κ1) is 16.1. The van der Waals surface area contributed by atoms with Crippen LogP contribution in [0.15, 0.2) is 18.2 Å². The van der Waals surface area contributed by atoms with Gasteiger partial charge in [0.15, 0.2) is 0 Å². The largest absolute Gasteiger partial charge is 0.507 e. The minimum atomic E-state index is -1.21. The third-order valence-electron chi connectivity index (χ3n) is 3.20. The Labute approximate surface area is 122 Å². The number of phenols is 1. The van der Waals surface area contributed by atoms with E-state index < -0.39 is 12.1 Å². The Hall–Kier alpha value is -1.95. The van der Waals surface area contributed by atoms with E-state index in [1.165, 1.54) is 12.1 Å². The van der Waals surface area contributed by atoms with Gasteiger partial charge >= 0.3 is 12.1 Å². The number of cyclic esters (lactones) is 1. The maximum atomic E-state index is 11.3. The highest BCUT2D eigenvalue weighted by Gasteiger charge is 2.38. The first-order valence-electron chi connectivity index (χ1n) is 5.81. The van der Waals surface area contributed by atoms with Crippen LogP contribution in [-0.2, 0) is 4.74 Å². The number of alkyl carbamates (subject to hydrolysis) is 1. The van der Waals surface area contributed by atoms with E-state index >= 15 is 0 Å². The molecule has 3 N–H and O–H groups in total. The molecule has 0 radical (unpaired) electrons. The van der Waals surface area contributed by atoms with Gasteiger partial charge < -0.3 is 20.3 Å². The fourth-order valence-electron chi connectivity index (χ4n) is 2.13. The summed E-state index contributed by atoms with van der Waals surface area (Å²) in [4.78, 5) is 22.3. The van der Waals surface area contributed by atoms with Crippen LogP contribution in [0.4, 0.5) is 4.79 Å². The third-order valence-corrected chi connectivity index (χ3v) is 3.20. The molecule has 0 aromatic heterocycles. The summed E-state index contributed by atoms with van der Waals surface area (Å²) in [6.07, 6.45) is -0.533.